The lowest BCUT2D eigenvalue weighted by atomic mass is 10.4. The van der Waals surface area contributed by atoms with Crippen LogP contribution in [0.1, 0.15) is 6.42 Å². The van der Waals surface area contributed by atoms with Crippen molar-refractivity contribution in [2.24, 2.45) is 0 Å². The molecule has 96 valence electrons. The van der Waals surface area contributed by atoms with Crippen LogP contribution in [0.4, 0.5) is 5.13 Å². The van der Waals surface area contributed by atoms with Crippen molar-refractivity contribution in [2.45, 2.75) is 6.42 Å². The fourth-order valence-electron chi connectivity index (χ4n) is 1.22. The summed E-state index contributed by atoms with van der Waals surface area (Å²) in [5.74, 6) is -0.241. The smallest absolute Gasteiger partial charge is 0.307 e. The van der Waals surface area contributed by atoms with E-state index < -0.39 is 0 Å². The molecule has 17 heavy (non-hydrogen) atoms. The molecule has 0 bridgehead atoms. The van der Waals surface area contributed by atoms with Crippen LogP contribution in [0.3, 0.4) is 0 Å². The Kier molecular flexibility index (Phi) is 6.25. The van der Waals surface area contributed by atoms with Crippen LogP contribution in [0.5, 0.6) is 0 Å². The molecule has 0 N–H and O–H groups in total. The number of hydrogen-bond acceptors (Lipinski definition) is 6. The van der Waals surface area contributed by atoms with Gasteiger partial charge < -0.3 is 14.4 Å². The number of aromatic nitrogens is 1. The van der Waals surface area contributed by atoms with Gasteiger partial charge in [0.15, 0.2) is 5.13 Å². The zero-order valence-electron chi connectivity index (χ0n) is 9.81. The molecule has 7 heteroatoms. The van der Waals surface area contributed by atoms with Gasteiger partial charge in [-0.1, -0.05) is 11.6 Å². The Morgan fingerprint density at radius 3 is 2.82 bits per heavy atom. The highest BCUT2D eigenvalue weighted by molar-refractivity contribution is 7.14. The topological polar surface area (TPSA) is 51.7 Å². The van der Waals surface area contributed by atoms with Gasteiger partial charge in [-0.05, 0) is 0 Å². The summed E-state index contributed by atoms with van der Waals surface area (Å²) in [6, 6.07) is 0. The number of halogens is 1. The molecule has 0 saturated heterocycles. The highest BCUT2D eigenvalue weighted by atomic mass is 35.5. The maximum Gasteiger partial charge on any atom is 0.307 e. The van der Waals surface area contributed by atoms with Crippen LogP contribution >= 0.6 is 22.9 Å². The summed E-state index contributed by atoms with van der Waals surface area (Å²) in [6.45, 7) is 1.77. The van der Waals surface area contributed by atoms with E-state index in [0.29, 0.717) is 31.3 Å². The summed E-state index contributed by atoms with van der Waals surface area (Å²) < 4.78 is 9.63. The van der Waals surface area contributed by atoms with E-state index in [2.05, 4.69) is 9.72 Å². The number of ether oxygens (including phenoxy) is 2. The number of hydrogen-bond donors (Lipinski definition) is 0. The molecule has 0 fully saturated rings. The van der Waals surface area contributed by atoms with Crippen molar-refractivity contribution in [3.05, 3.63) is 10.5 Å². The van der Waals surface area contributed by atoms with Gasteiger partial charge in [-0.15, -0.1) is 11.3 Å². The molecule has 5 nitrogen and oxygen atoms in total. The molecular weight excluding hydrogens is 264 g/mol. The largest absolute Gasteiger partial charge is 0.469 e. The first-order valence-corrected chi connectivity index (χ1v) is 6.35. The molecule has 1 aromatic heterocycles. The van der Waals surface area contributed by atoms with Crippen LogP contribution in [0.2, 0.25) is 5.15 Å². The summed E-state index contributed by atoms with van der Waals surface area (Å²) in [4.78, 5) is 17.2. The van der Waals surface area contributed by atoms with Crippen LogP contribution in [0, 0.1) is 0 Å². The number of thiazole rings is 1. The van der Waals surface area contributed by atoms with E-state index in [0.717, 1.165) is 5.13 Å². The first-order chi connectivity index (χ1) is 8.17. The number of rotatable bonds is 7. The summed E-state index contributed by atoms with van der Waals surface area (Å²) in [5.41, 5.74) is 0. The molecule has 0 aliphatic rings. The van der Waals surface area contributed by atoms with Gasteiger partial charge in [-0.25, -0.2) is 4.98 Å². The van der Waals surface area contributed by atoms with Crippen molar-refractivity contribution in [1.29, 1.82) is 0 Å². The van der Waals surface area contributed by atoms with E-state index in [4.69, 9.17) is 16.3 Å². The van der Waals surface area contributed by atoms with Crippen molar-refractivity contribution in [1.82, 2.24) is 4.98 Å². The summed E-state index contributed by atoms with van der Waals surface area (Å²) in [6.07, 6.45) is 0.317. The molecule has 1 rings (SSSR count). The second kappa shape index (κ2) is 7.47. The molecule has 0 radical (unpaired) electrons. The van der Waals surface area contributed by atoms with Crippen LogP contribution in [0.25, 0.3) is 0 Å². The Morgan fingerprint density at radius 2 is 2.29 bits per heavy atom. The first kappa shape index (κ1) is 14.2. The predicted molar refractivity (Wildman–Crippen MR) is 67.8 cm³/mol. The van der Waals surface area contributed by atoms with Crippen molar-refractivity contribution >= 4 is 34.0 Å². The van der Waals surface area contributed by atoms with Crippen LogP contribution in [-0.2, 0) is 14.3 Å². The Balaban J connectivity index is 2.57. The predicted octanol–water partition coefficient (Wildman–Crippen LogP) is 1.81. The van der Waals surface area contributed by atoms with Crippen LogP contribution < -0.4 is 4.90 Å². The zero-order valence-corrected chi connectivity index (χ0v) is 11.4. The fraction of sp³-hybridized carbons (Fsp3) is 0.600. The molecule has 0 amide bonds. The molecule has 0 spiro atoms. The van der Waals surface area contributed by atoms with Gasteiger partial charge in [-0.3, -0.25) is 4.79 Å². The van der Waals surface area contributed by atoms with Crippen molar-refractivity contribution < 1.29 is 14.3 Å². The third kappa shape index (κ3) is 4.89. The minimum atomic E-state index is -0.241. The fourth-order valence-corrected chi connectivity index (χ4v) is 2.23. The first-order valence-electron chi connectivity index (χ1n) is 5.09. The number of nitrogens with zero attached hydrogens (tertiary/aromatic N) is 2. The van der Waals surface area contributed by atoms with E-state index in [1.807, 2.05) is 4.90 Å². The van der Waals surface area contributed by atoms with E-state index in [1.165, 1.54) is 18.4 Å². The highest BCUT2D eigenvalue weighted by Gasteiger charge is 2.12. The van der Waals surface area contributed by atoms with Gasteiger partial charge in [0.05, 0.1) is 20.1 Å². The molecule has 0 saturated carbocycles. The minimum Gasteiger partial charge on any atom is -0.469 e. The van der Waals surface area contributed by atoms with Gasteiger partial charge >= 0.3 is 5.97 Å². The van der Waals surface area contributed by atoms with Gasteiger partial charge in [0.2, 0.25) is 0 Å². The molecule has 0 unspecified atom stereocenters. The number of anilines is 1. The molecule has 0 aromatic carbocycles. The molecular formula is C10H15ClN2O3S. The standard InChI is InChI=1S/C10H15ClN2O3S/c1-15-6-5-13(4-3-9(14)16-2)10-12-8(11)7-17-10/h7H,3-6H2,1-2H3. The van der Waals surface area contributed by atoms with Crippen molar-refractivity contribution in [2.75, 3.05) is 38.8 Å². The second-order valence-corrected chi connectivity index (χ2v) is 4.48. The van der Waals surface area contributed by atoms with E-state index >= 15 is 0 Å². The Bertz CT molecular complexity index is 359. The van der Waals surface area contributed by atoms with Gasteiger partial charge in [0.1, 0.15) is 5.15 Å². The average molecular weight is 279 g/mol. The third-order valence-corrected chi connectivity index (χ3v) is 3.34. The van der Waals surface area contributed by atoms with E-state index in [9.17, 15) is 4.79 Å². The number of esters is 1. The van der Waals surface area contributed by atoms with Crippen LogP contribution in [0.15, 0.2) is 5.38 Å². The van der Waals surface area contributed by atoms with Crippen LogP contribution in [-0.4, -0.2) is 44.9 Å². The lowest BCUT2D eigenvalue weighted by Crippen LogP contribution is -2.29. The highest BCUT2D eigenvalue weighted by Crippen LogP contribution is 2.23. The lowest BCUT2D eigenvalue weighted by molar-refractivity contribution is -0.140. The average Bonchev–Trinajstić information content (AvgIpc) is 2.75. The number of carbonyl (C=O) groups is 1. The molecule has 1 aromatic rings. The summed E-state index contributed by atoms with van der Waals surface area (Å²) >= 11 is 7.22. The number of methoxy groups -OCH3 is 2. The maximum atomic E-state index is 11.1. The summed E-state index contributed by atoms with van der Waals surface area (Å²) in [5, 5.41) is 3.01. The zero-order chi connectivity index (χ0) is 12.7. The Hall–Kier alpha value is -0.850. The minimum absolute atomic E-state index is 0.241. The SMILES string of the molecule is COCCN(CCC(=O)OC)c1nc(Cl)cs1. The van der Waals surface area contributed by atoms with Gasteiger partial charge in [0, 0.05) is 25.6 Å². The van der Waals surface area contributed by atoms with Crippen molar-refractivity contribution in [3.8, 4) is 0 Å². The third-order valence-electron chi connectivity index (χ3n) is 2.11. The van der Waals surface area contributed by atoms with E-state index in [-0.39, 0.29) is 5.97 Å². The molecule has 1 heterocycles. The Labute approximate surface area is 109 Å². The van der Waals surface area contributed by atoms with Crippen molar-refractivity contribution in [3.63, 3.8) is 0 Å². The molecule has 0 atom stereocenters. The number of carbonyl (C=O) groups excluding carboxylic acids is 1. The molecule has 0 aliphatic heterocycles. The maximum absolute atomic E-state index is 11.1. The monoisotopic (exact) mass is 278 g/mol. The van der Waals surface area contributed by atoms with Gasteiger partial charge in [0.25, 0.3) is 0 Å². The summed E-state index contributed by atoms with van der Waals surface area (Å²) in [7, 11) is 3.01. The lowest BCUT2D eigenvalue weighted by Gasteiger charge is -2.20. The van der Waals surface area contributed by atoms with Gasteiger partial charge in [-0.2, -0.15) is 0 Å². The normalized spacial score (nSPS) is 10.3. The quantitative estimate of drug-likeness (QED) is 0.712. The second-order valence-electron chi connectivity index (χ2n) is 3.26. The van der Waals surface area contributed by atoms with E-state index in [1.54, 1.807) is 12.5 Å². The molecule has 0 aliphatic carbocycles. The Morgan fingerprint density at radius 1 is 1.53 bits per heavy atom.